The molecular formula is C14H19N3O3. The van der Waals surface area contributed by atoms with Crippen molar-refractivity contribution < 1.29 is 14.6 Å². The van der Waals surface area contributed by atoms with Crippen LogP contribution < -0.4 is 0 Å². The van der Waals surface area contributed by atoms with Gasteiger partial charge in [0, 0.05) is 30.1 Å². The molecule has 0 aromatic carbocycles. The summed E-state index contributed by atoms with van der Waals surface area (Å²) in [6.45, 7) is 7.06. The number of nitrogens with zero attached hydrogens (tertiary/aromatic N) is 3. The summed E-state index contributed by atoms with van der Waals surface area (Å²) in [4.78, 5) is 16.1. The van der Waals surface area contributed by atoms with Crippen molar-refractivity contribution in [1.29, 1.82) is 0 Å². The molecule has 1 aliphatic rings. The Morgan fingerprint density at radius 2 is 2.00 bits per heavy atom. The lowest BCUT2D eigenvalue weighted by atomic mass is 9.99. The molecule has 1 aromatic rings. The number of amides is 1. The van der Waals surface area contributed by atoms with Crippen molar-refractivity contribution in [2.45, 2.75) is 45.4 Å². The van der Waals surface area contributed by atoms with Crippen LogP contribution in [-0.4, -0.2) is 32.5 Å². The van der Waals surface area contributed by atoms with E-state index >= 15 is 0 Å². The minimum absolute atomic E-state index is 0.246. The molecule has 6 heteroatoms. The predicted molar refractivity (Wildman–Crippen MR) is 73.9 cm³/mol. The molecule has 1 N–H and O–H groups in total. The first-order chi connectivity index (χ1) is 9.22. The number of hydrogen-bond acceptors (Lipinski definition) is 5. The van der Waals surface area contributed by atoms with Gasteiger partial charge in [0.2, 0.25) is 0 Å². The molecule has 1 atom stereocenters. The first-order valence-electron chi connectivity index (χ1n) is 6.42. The van der Waals surface area contributed by atoms with Crippen LogP contribution in [0, 0.1) is 0 Å². The monoisotopic (exact) mass is 277 g/mol. The summed E-state index contributed by atoms with van der Waals surface area (Å²) in [6.07, 6.45) is 2.70. The number of hydrogen-bond donors (Lipinski definition) is 1. The Balaban J connectivity index is 2.32. The smallest absolute Gasteiger partial charge is 0.433 e. The third-order valence-corrected chi connectivity index (χ3v) is 2.83. The highest BCUT2D eigenvalue weighted by atomic mass is 16.6. The normalized spacial score (nSPS) is 22.6. The van der Waals surface area contributed by atoms with E-state index in [-0.39, 0.29) is 6.42 Å². The van der Waals surface area contributed by atoms with Gasteiger partial charge in [-0.1, -0.05) is 0 Å². The van der Waals surface area contributed by atoms with Crippen LogP contribution in [0.3, 0.4) is 0 Å². The van der Waals surface area contributed by atoms with Crippen molar-refractivity contribution in [1.82, 2.24) is 9.99 Å². The maximum atomic E-state index is 12.2. The Kier molecular flexibility index (Phi) is 3.52. The van der Waals surface area contributed by atoms with E-state index in [1.165, 1.54) is 0 Å². The molecule has 0 spiro atoms. The van der Waals surface area contributed by atoms with E-state index in [2.05, 4.69) is 10.1 Å². The fraction of sp³-hybridized carbons (Fsp3) is 0.500. The first kappa shape index (κ1) is 14.5. The van der Waals surface area contributed by atoms with E-state index in [4.69, 9.17) is 4.74 Å². The number of carbonyl (C=O) groups excluding carboxylic acids is 1. The van der Waals surface area contributed by atoms with Gasteiger partial charge < -0.3 is 9.84 Å². The Bertz CT molecular complexity index is 536. The molecule has 108 valence electrons. The first-order valence-corrected chi connectivity index (χ1v) is 6.42. The van der Waals surface area contributed by atoms with Gasteiger partial charge in [-0.15, -0.1) is 0 Å². The summed E-state index contributed by atoms with van der Waals surface area (Å²) < 4.78 is 5.29. The van der Waals surface area contributed by atoms with Gasteiger partial charge in [-0.25, -0.2) is 4.79 Å². The Morgan fingerprint density at radius 3 is 2.55 bits per heavy atom. The van der Waals surface area contributed by atoms with Crippen LogP contribution in [-0.2, 0) is 10.5 Å². The number of pyridine rings is 1. The molecule has 1 aromatic heterocycles. The number of aliphatic hydroxyl groups is 1. The number of hydrazone groups is 1. The van der Waals surface area contributed by atoms with Gasteiger partial charge in [0.05, 0.1) is 0 Å². The molecule has 0 radical (unpaired) electrons. The van der Waals surface area contributed by atoms with Crippen LogP contribution in [0.1, 0.15) is 39.7 Å². The zero-order valence-corrected chi connectivity index (χ0v) is 12.1. The van der Waals surface area contributed by atoms with E-state index in [9.17, 15) is 9.90 Å². The van der Waals surface area contributed by atoms with E-state index in [1.54, 1.807) is 52.2 Å². The largest absolute Gasteiger partial charge is 0.442 e. The van der Waals surface area contributed by atoms with E-state index < -0.39 is 17.4 Å². The van der Waals surface area contributed by atoms with Gasteiger partial charge in [0.1, 0.15) is 5.60 Å². The quantitative estimate of drug-likeness (QED) is 0.854. The lowest BCUT2D eigenvalue weighted by Gasteiger charge is -2.32. The van der Waals surface area contributed by atoms with Crippen LogP contribution in [0.2, 0.25) is 0 Å². The summed E-state index contributed by atoms with van der Waals surface area (Å²) in [5, 5.41) is 16.0. The lowest BCUT2D eigenvalue weighted by Crippen LogP contribution is -2.45. The van der Waals surface area contributed by atoms with Gasteiger partial charge >= 0.3 is 6.09 Å². The molecule has 0 saturated heterocycles. The van der Waals surface area contributed by atoms with E-state index in [0.29, 0.717) is 11.3 Å². The summed E-state index contributed by atoms with van der Waals surface area (Å²) in [5.41, 5.74) is -0.952. The Labute approximate surface area is 118 Å². The van der Waals surface area contributed by atoms with Crippen LogP contribution in [0.25, 0.3) is 0 Å². The summed E-state index contributed by atoms with van der Waals surface area (Å²) >= 11 is 0. The van der Waals surface area contributed by atoms with Gasteiger partial charge in [0.15, 0.2) is 5.72 Å². The molecule has 6 nitrogen and oxygen atoms in total. The van der Waals surface area contributed by atoms with Gasteiger partial charge in [-0.05, 0) is 39.8 Å². The molecule has 0 saturated carbocycles. The number of aromatic nitrogens is 1. The second-order valence-electron chi connectivity index (χ2n) is 5.86. The molecule has 0 bridgehead atoms. The van der Waals surface area contributed by atoms with Crippen LogP contribution >= 0.6 is 0 Å². The second-order valence-corrected chi connectivity index (χ2v) is 5.86. The summed E-state index contributed by atoms with van der Waals surface area (Å²) in [7, 11) is 0. The predicted octanol–water partition coefficient (Wildman–Crippen LogP) is 2.24. The third-order valence-electron chi connectivity index (χ3n) is 2.83. The number of rotatable bonds is 1. The average Bonchev–Trinajstić information content (AvgIpc) is 2.65. The Morgan fingerprint density at radius 1 is 1.40 bits per heavy atom. The molecule has 2 rings (SSSR count). The maximum absolute atomic E-state index is 12.2. The minimum atomic E-state index is -1.52. The second kappa shape index (κ2) is 4.86. The van der Waals surface area contributed by atoms with Crippen molar-refractivity contribution in [2.75, 3.05) is 0 Å². The maximum Gasteiger partial charge on any atom is 0.433 e. The summed E-state index contributed by atoms with van der Waals surface area (Å²) in [6, 6.07) is 3.32. The standard InChI is InChI=1S/C14H19N3O3/c1-10-9-14(19,11-5-7-15-8-6-11)17(16-10)12(18)20-13(2,3)4/h5-8,19H,9H2,1-4H3/t14-/m0/s1. The highest BCUT2D eigenvalue weighted by Gasteiger charge is 2.46. The van der Waals surface area contributed by atoms with Crippen molar-refractivity contribution in [3.05, 3.63) is 30.1 Å². The summed E-state index contributed by atoms with van der Waals surface area (Å²) in [5.74, 6) is 0. The third kappa shape index (κ3) is 2.80. The minimum Gasteiger partial charge on any atom is -0.442 e. The average molecular weight is 277 g/mol. The van der Waals surface area contributed by atoms with E-state index in [0.717, 1.165) is 5.01 Å². The molecule has 2 heterocycles. The van der Waals surface area contributed by atoms with Crippen LogP contribution in [0.4, 0.5) is 4.79 Å². The topological polar surface area (TPSA) is 75.0 Å². The highest BCUT2D eigenvalue weighted by molar-refractivity contribution is 5.87. The van der Waals surface area contributed by atoms with Gasteiger partial charge in [0.25, 0.3) is 0 Å². The fourth-order valence-corrected chi connectivity index (χ4v) is 2.06. The zero-order valence-electron chi connectivity index (χ0n) is 12.1. The molecule has 0 fully saturated rings. The number of ether oxygens (including phenoxy) is 1. The van der Waals surface area contributed by atoms with Crippen LogP contribution in [0.15, 0.2) is 29.6 Å². The van der Waals surface area contributed by atoms with Gasteiger partial charge in [-0.3, -0.25) is 4.98 Å². The zero-order chi connectivity index (χ0) is 15.0. The van der Waals surface area contributed by atoms with Crippen molar-refractivity contribution >= 4 is 11.8 Å². The molecule has 1 aliphatic heterocycles. The Hall–Kier alpha value is -1.95. The lowest BCUT2D eigenvalue weighted by molar-refractivity contribution is -0.0975. The molecule has 0 unspecified atom stereocenters. The van der Waals surface area contributed by atoms with Crippen molar-refractivity contribution in [2.24, 2.45) is 5.10 Å². The molecule has 20 heavy (non-hydrogen) atoms. The van der Waals surface area contributed by atoms with E-state index in [1.807, 2.05) is 0 Å². The SMILES string of the molecule is CC1=NN(C(=O)OC(C)(C)C)[C@@](O)(c2ccncc2)C1. The van der Waals surface area contributed by atoms with Crippen molar-refractivity contribution in [3.63, 3.8) is 0 Å². The van der Waals surface area contributed by atoms with Gasteiger partial charge in [-0.2, -0.15) is 10.1 Å². The highest BCUT2D eigenvalue weighted by Crippen LogP contribution is 2.35. The number of carbonyl (C=O) groups is 1. The molecule has 1 amide bonds. The van der Waals surface area contributed by atoms with Crippen molar-refractivity contribution in [3.8, 4) is 0 Å². The molecule has 0 aliphatic carbocycles. The van der Waals surface area contributed by atoms with Crippen LogP contribution in [0.5, 0.6) is 0 Å². The fourth-order valence-electron chi connectivity index (χ4n) is 2.06. The molecular weight excluding hydrogens is 258 g/mol.